The summed E-state index contributed by atoms with van der Waals surface area (Å²) in [4.78, 5) is 10.6. The van der Waals surface area contributed by atoms with Gasteiger partial charge < -0.3 is 9.53 Å². The van der Waals surface area contributed by atoms with E-state index in [1.807, 2.05) is 0 Å². The average Bonchev–Trinajstić information content (AvgIpc) is 2.16. The van der Waals surface area contributed by atoms with Gasteiger partial charge in [-0.15, -0.1) is 0 Å². The van der Waals surface area contributed by atoms with Gasteiger partial charge >= 0.3 is 5.97 Å². The predicted octanol–water partition coefficient (Wildman–Crippen LogP) is 3.02. The maximum absolute atomic E-state index is 13.6. The van der Waals surface area contributed by atoms with Crippen LogP contribution in [-0.2, 0) is 0 Å². The summed E-state index contributed by atoms with van der Waals surface area (Å²) in [5.74, 6) is -6.98. The fourth-order valence-corrected chi connectivity index (χ4v) is 1.92. The van der Waals surface area contributed by atoms with E-state index in [4.69, 9.17) is 9.53 Å². The molecule has 1 aromatic rings. The van der Waals surface area contributed by atoms with Crippen molar-refractivity contribution in [2.24, 2.45) is 0 Å². The van der Waals surface area contributed by atoms with Crippen molar-refractivity contribution in [3.8, 4) is 5.75 Å². The first-order chi connectivity index (χ1) is 7.63. The molecule has 0 atom stereocenters. The number of aromatic carboxylic acids is 1. The Kier molecular flexibility index (Phi) is 3.51. The molecular formula is C10H11F3O3Si. The lowest BCUT2D eigenvalue weighted by atomic mass is 10.2. The number of hydrogen-bond acceptors (Lipinski definition) is 2. The quantitative estimate of drug-likeness (QED) is 0.674. The van der Waals surface area contributed by atoms with Crippen LogP contribution in [0.5, 0.6) is 5.75 Å². The van der Waals surface area contributed by atoms with Crippen LogP contribution in [0.2, 0.25) is 19.6 Å². The summed E-state index contributed by atoms with van der Waals surface area (Å²) in [6.07, 6.45) is 0. The molecule has 1 aromatic carbocycles. The minimum Gasteiger partial charge on any atom is -0.540 e. The molecule has 1 rings (SSSR count). The van der Waals surface area contributed by atoms with Gasteiger partial charge in [0, 0.05) is 0 Å². The number of hydrogen-bond donors (Lipinski definition) is 1. The van der Waals surface area contributed by atoms with E-state index in [0.29, 0.717) is 6.07 Å². The third-order valence-corrected chi connectivity index (χ3v) is 2.57. The SMILES string of the molecule is C[Si](C)(C)Oc1c(F)c(F)cc(C(=O)O)c1F. The molecule has 0 aromatic heterocycles. The normalized spacial score (nSPS) is 11.4. The summed E-state index contributed by atoms with van der Waals surface area (Å²) in [5.41, 5.74) is -0.947. The zero-order valence-electron chi connectivity index (χ0n) is 9.47. The van der Waals surface area contributed by atoms with E-state index in [1.54, 1.807) is 19.6 Å². The van der Waals surface area contributed by atoms with Crippen molar-refractivity contribution in [2.45, 2.75) is 19.6 Å². The van der Waals surface area contributed by atoms with E-state index in [2.05, 4.69) is 0 Å². The van der Waals surface area contributed by atoms with Gasteiger partial charge in [0.15, 0.2) is 17.4 Å². The molecule has 0 spiro atoms. The fraction of sp³-hybridized carbons (Fsp3) is 0.300. The zero-order valence-corrected chi connectivity index (χ0v) is 10.5. The zero-order chi connectivity index (χ0) is 13.4. The molecule has 0 fully saturated rings. The van der Waals surface area contributed by atoms with Gasteiger partial charge in [-0.25, -0.2) is 13.6 Å². The highest BCUT2D eigenvalue weighted by atomic mass is 28.4. The van der Waals surface area contributed by atoms with Crippen molar-refractivity contribution in [1.29, 1.82) is 0 Å². The van der Waals surface area contributed by atoms with Gasteiger partial charge in [-0.05, 0) is 25.7 Å². The smallest absolute Gasteiger partial charge is 0.338 e. The van der Waals surface area contributed by atoms with Crippen LogP contribution in [0.15, 0.2) is 6.07 Å². The first-order valence-corrected chi connectivity index (χ1v) is 8.14. The summed E-state index contributed by atoms with van der Waals surface area (Å²) >= 11 is 0. The van der Waals surface area contributed by atoms with Gasteiger partial charge in [0.05, 0.1) is 0 Å². The van der Waals surface area contributed by atoms with E-state index in [1.165, 1.54) is 0 Å². The molecule has 0 aliphatic heterocycles. The minimum absolute atomic E-state index is 0.296. The average molecular weight is 264 g/mol. The molecule has 0 saturated carbocycles. The first-order valence-electron chi connectivity index (χ1n) is 4.73. The lowest BCUT2D eigenvalue weighted by Crippen LogP contribution is -2.30. The largest absolute Gasteiger partial charge is 0.540 e. The van der Waals surface area contributed by atoms with Gasteiger partial charge in [0.2, 0.25) is 14.1 Å². The maximum Gasteiger partial charge on any atom is 0.338 e. The highest BCUT2D eigenvalue weighted by molar-refractivity contribution is 6.70. The molecule has 3 nitrogen and oxygen atoms in total. The van der Waals surface area contributed by atoms with Crippen molar-refractivity contribution in [3.05, 3.63) is 29.1 Å². The molecule has 94 valence electrons. The molecule has 0 unspecified atom stereocenters. The van der Waals surface area contributed by atoms with Crippen molar-refractivity contribution in [3.63, 3.8) is 0 Å². The van der Waals surface area contributed by atoms with Gasteiger partial charge in [0.25, 0.3) is 0 Å². The predicted molar refractivity (Wildman–Crippen MR) is 57.2 cm³/mol. The van der Waals surface area contributed by atoms with Crippen LogP contribution in [-0.4, -0.2) is 19.4 Å². The molecule has 0 aliphatic rings. The van der Waals surface area contributed by atoms with Crippen LogP contribution >= 0.6 is 0 Å². The monoisotopic (exact) mass is 264 g/mol. The molecule has 0 aliphatic carbocycles. The Bertz CT molecular complexity index is 469. The standard InChI is InChI=1S/C10H11F3O3Si/c1-17(2,3)16-9-7(12)5(10(14)15)4-6(11)8(9)13/h4H,1-3H3,(H,14,15). The molecule has 0 bridgehead atoms. The Balaban J connectivity index is 3.42. The number of halogens is 3. The number of carbonyl (C=O) groups is 1. The van der Waals surface area contributed by atoms with E-state index >= 15 is 0 Å². The van der Waals surface area contributed by atoms with Crippen molar-refractivity contribution in [1.82, 2.24) is 0 Å². The van der Waals surface area contributed by atoms with Crippen LogP contribution in [0.25, 0.3) is 0 Å². The van der Waals surface area contributed by atoms with E-state index in [-0.39, 0.29) is 0 Å². The Morgan fingerprint density at radius 1 is 1.24 bits per heavy atom. The van der Waals surface area contributed by atoms with Gasteiger partial charge in [-0.1, -0.05) is 0 Å². The van der Waals surface area contributed by atoms with Crippen LogP contribution in [0.3, 0.4) is 0 Å². The lowest BCUT2D eigenvalue weighted by molar-refractivity contribution is 0.0690. The topological polar surface area (TPSA) is 46.5 Å². The van der Waals surface area contributed by atoms with E-state index in [0.717, 1.165) is 0 Å². The summed E-state index contributed by atoms with van der Waals surface area (Å²) in [7, 11) is -2.38. The second kappa shape index (κ2) is 4.40. The molecule has 7 heteroatoms. The Hall–Kier alpha value is -1.50. The second-order valence-electron chi connectivity index (χ2n) is 4.38. The molecule has 17 heavy (non-hydrogen) atoms. The number of carboxylic acids is 1. The maximum atomic E-state index is 13.6. The minimum atomic E-state index is -2.38. The fourth-order valence-electron chi connectivity index (χ4n) is 1.13. The summed E-state index contributed by atoms with van der Waals surface area (Å²) in [6.45, 7) is 4.91. The van der Waals surface area contributed by atoms with Gasteiger partial charge in [-0.3, -0.25) is 0 Å². The lowest BCUT2D eigenvalue weighted by Gasteiger charge is -2.20. The highest BCUT2D eigenvalue weighted by Gasteiger charge is 2.27. The second-order valence-corrected chi connectivity index (χ2v) is 8.81. The van der Waals surface area contributed by atoms with Crippen LogP contribution in [0, 0.1) is 17.5 Å². The van der Waals surface area contributed by atoms with E-state index < -0.39 is 43.1 Å². The summed E-state index contributed by atoms with van der Waals surface area (Å²) in [5, 5.41) is 8.63. The van der Waals surface area contributed by atoms with Crippen molar-refractivity contribution < 1.29 is 27.5 Å². The number of carboxylic acid groups (broad SMARTS) is 1. The summed E-state index contributed by atoms with van der Waals surface area (Å²) in [6, 6.07) is 0.296. The Morgan fingerprint density at radius 3 is 2.18 bits per heavy atom. The third kappa shape index (κ3) is 2.99. The Labute approximate surface area is 97.0 Å². The van der Waals surface area contributed by atoms with Crippen LogP contribution < -0.4 is 4.43 Å². The first kappa shape index (κ1) is 13.6. The Morgan fingerprint density at radius 2 is 1.76 bits per heavy atom. The number of benzene rings is 1. The van der Waals surface area contributed by atoms with Crippen LogP contribution in [0.1, 0.15) is 10.4 Å². The molecule has 0 saturated heterocycles. The summed E-state index contributed by atoms with van der Waals surface area (Å²) < 4.78 is 45.0. The van der Waals surface area contributed by atoms with Crippen LogP contribution in [0.4, 0.5) is 13.2 Å². The molecule has 0 amide bonds. The van der Waals surface area contributed by atoms with Gasteiger partial charge in [-0.2, -0.15) is 4.39 Å². The van der Waals surface area contributed by atoms with Crippen molar-refractivity contribution in [2.75, 3.05) is 0 Å². The highest BCUT2D eigenvalue weighted by Crippen LogP contribution is 2.29. The third-order valence-electron chi connectivity index (χ3n) is 1.75. The molecular weight excluding hydrogens is 253 g/mol. The molecule has 0 radical (unpaired) electrons. The molecule has 0 heterocycles. The van der Waals surface area contributed by atoms with Crippen molar-refractivity contribution >= 4 is 14.3 Å². The molecule has 1 N–H and O–H groups in total. The van der Waals surface area contributed by atoms with E-state index in [9.17, 15) is 18.0 Å². The number of rotatable bonds is 3. The van der Waals surface area contributed by atoms with Gasteiger partial charge in [0.1, 0.15) is 5.56 Å².